The number of carbonyl (C=O) groups excluding carboxylic acids is 1. The van der Waals surface area contributed by atoms with Crippen LogP contribution in [0.25, 0.3) is 16.7 Å². The summed E-state index contributed by atoms with van der Waals surface area (Å²) in [4.78, 5) is 12.3. The van der Waals surface area contributed by atoms with Crippen molar-refractivity contribution in [1.82, 2.24) is 0 Å². The monoisotopic (exact) mass is 411 g/mol. The summed E-state index contributed by atoms with van der Waals surface area (Å²) in [7, 11) is 0. The zero-order chi connectivity index (χ0) is 21.3. The molecule has 0 atom stereocenters. The van der Waals surface area contributed by atoms with Crippen LogP contribution in [0.1, 0.15) is 30.4 Å². The SMILES string of the molecule is Nc1ccc(-c2ccc(C3=C4CC(CC(=O)OCc5ccccc5)(C4)OC3)cc2)cc1. The second-order valence-electron chi connectivity index (χ2n) is 8.43. The van der Waals surface area contributed by atoms with Crippen LogP contribution in [0.4, 0.5) is 5.69 Å². The molecule has 0 spiro atoms. The Morgan fingerprint density at radius 3 is 2.10 bits per heavy atom. The van der Waals surface area contributed by atoms with Crippen LogP contribution < -0.4 is 5.73 Å². The highest BCUT2D eigenvalue weighted by molar-refractivity contribution is 5.77. The van der Waals surface area contributed by atoms with Gasteiger partial charge in [-0.3, -0.25) is 4.79 Å². The predicted molar refractivity (Wildman–Crippen MR) is 122 cm³/mol. The van der Waals surface area contributed by atoms with Crippen molar-refractivity contribution in [2.24, 2.45) is 0 Å². The Kier molecular flexibility index (Phi) is 5.08. The van der Waals surface area contributed by atoms with Crippen LogP contribution in [0, 0.1) is 0 Å². The van der Waals surface area contributed by atoms with E-state index in [4.69, 9.17) is 15.2 Å². The van der Waals surface area contributed by atoms with Gasteiger partial charge in [0.1, 0.15) is 6.61 Å². The number of hydrogen-bond acceptors (Lipinski definition) is 4. The second kappa shape index (κ2) is 8.05. The van der Waals surface area contributed by atoms with E-state index in [0.29, 0.717) is 19.6 Å². The Hall–Kier alpha value is -3.37. The lowest BCUT2D eigenvalue weighted by molar-refractivity contribution is -0.157. The third-order valence-electron chi connectivity index (χ3n) is 6.21. The lowest BCUT2D eigenvalue weighted by atomic mass is 9.68. The number of esters is 1. The number of rotatable bonds is 6. The lowest BCUT2D eigenvalue weighted by Gasteiger charge is -2.48. The van der Waals surface area contributed by atoms with Gasteiger partial charge in [0.05, 0.1) is 18.6 Å². The maximum Gasteiger partial charge on any atom is 0.309 e. The quantitative estimate of drug-likeness (QED) is 0.437. The minimum absolute atomic E-state index is 0.195. The van der Waals surface area contributed by atoms with Gasteiger partial charge in [-0.25, -0.2) is 0 Å². The molecule has 2 aliphatic heterocycles. The van der Waals surface area contributed by atoms with Crippen molar-refractivity contribution in [3.63, 3.8) is 0 Å². The molecule has 1 saturated carbocycles. The van der Waals surface area contributed by atoms with Gasteiger partial charge in [0.15, 0.2) is 0 Å². The van der Waals surface area contributed by atoms with Gasteiger partial charge in [-0.2, -0.15) is 0 Å². The van der Waals surface area contributed by atoms with Crippen molar-refractivity contribution < 1.29 is 14.3 Å². The van der Waals surface area contributed by atoms with E-state index in [1.807, 2.05) is 54.6 Å². The molecule has 0 radical (unpaired) electrons. The van der Waals surface area contributed by atoms with Gasteiger partial charge >= 0.3 is 5.97 Å². The Morgan fingerprint density at radius 2 is 1.48 bits per heavy atom. The number of carbonyl (C=O) groups is 1. The molecule has 4 nitrogen and oxygen atoms in total. The van der Waals surface area contributed by atoms with Crippen LogP contribution in [0.5, 0.6) is 0 Å². The molecular weight excluding hydrogens is 386 g/mol. The van der Waals surface area contributed by atoms with Crippen molar-refractivity contribution in [2.45, 2.75) is 31.5 Å². The van der Waals surface area contributed by atoms with E-state index in [2.05, 4.69) is 24.3 Å². The van der Waals surface area contributed by atoms with Crippen molar-refractivity contribution in [3.8, 4) is 11.1 Å². The van der Waals surface area contributed by atoms with Crippen LogP contribution in [0.3, 0.4) is 0 Å². The van der Waals surface area contributed by atoms with Gasteiger partial charge < -0.3 is 15.2 Å². The number of anilines is 1. The van der Waals surface area contributed by atoms with Crippen LogP contribution >= 0.6 is 0 Å². The van der Waals surface area contributed by atoms with Crippen LogP contribution in [-0.2, 0) is 20.9 Å². The van der Waals surface area contributed by atoms with Gasteiger partial charge in [0.25, 0.3) is 0 Å². The number of hydrogen-bond donors (Lipinski definition) is 1. The molecule has 2 N–H and O–H groups in total. The summed E-state index contributed by atoms with van der Waals surface area (Å²) in [6, 6.07) is 26.2. The first-order valence-electron chi connectivity index (χ1n) is 10.6. The number of nitrogen functional groups attached to an aromatic ring is 1. The highest BCUT2D eigenvalue weighted by Crippen LogP contribution is 2.51. The van der Waals surface area contributed by atoms with Crippen molar-refractivity contribution in [2.75, 3.05) is 12.3 Å². The molecule has 3 aromatic carbocycles. The molecule has 0 aromatic heterocycles. The van der Waals surface area contributed by atoms with Gasteiger partial charge in [-0.1, -0.05) is 72.3 Å². The fourth-order valence-electron chi connectivity index (χ4n) is 4.42. The van der Waals surface area contributed by atoms with Gasteiger partial charge in [0.2, 0.25) is 0 Å². The van der Waals surface area contributed by atoms with E-state index in [9.17, 15) is 4.79 Å². The summed E-state index contributed by atoms with van der Waals surface area (Å²) in [5, 5.41) is 0. The summed E-state index contributed by atoms with van der Waals surface area (Å²) in [6.45, 7) is 0.854. The third-order valence-corrected chi connectivity index (χ3v) is 6.21. The Labute approximate surface area is 182 Å². The van der Waals surface area contributed by atoms with Crippen molar-refractivity contribution in [1.29, 1.82) is 0 Å². The number of benzene rings is 3. The first-order valence-corrected chi connectivity index (χ1v) is 10.6. The standard InChI is InChI=1S/C27H25NO3/c28-24-12-10-21(11-13-24)20-6-8-22(9-7-20)25-18-31-27(14-23(25)15-27)16-26(29)30-17-19-4-2-1-3-5-19/h1-13H,14-18,28H2. The number of ether oxygens (including phenoxy) is 2. The lowest BCUT2D eigenvalue weighted by Crippen LogP contribution is -2.48. The average molecular weight is 412 g/mol. The summed E-state index contributed by atoms with van der Waals surface area (Å²) in [5.41, 5.74) is 13.3. The minimum Gasteiger partial charge on any atom is -0.461 e. The molecule has 1 aliphatic carbocycles. The molecule has 3 aromatic rings. The Bertz CT molecular complexity index is 1110. The highest BCUT2D eigenvalue weighted by atomic mass is 16.5. The molecule has 0 unspecified atom stereocenters. The van der Waals surface area contributed by atoms with E-state index in [0.717, 1.165) is 35.2 Å². The van der Waals surface area contributed by atoms with Crippen LogP contribution in [0.2, 0.25) is 0 Å². The highest BCUT2D eigenvalue weighted by Gasteiger charge is 2.48. The molecule has 3 aliphatic rings. The van der Waals surface area contributed by atoms with Crippen LogP contribution in [-0.4, -0.2) is 18.2 Å². The maximum absolute atomic E-state index is 12.3. The van der Waals surface area contributed by atoms with Crippen LogP contribution in [0.15, 0.2) is 84.4 Å². The van der Waals surface area contributed by atoms with Crippen molar-refractivity contribution in [3.05, 3.63) is 95.6 Å². The zero-order valence-corrected chi connectivity index (χ0v) is 17.3. The van der Waals surface area contributed by atoms with E-state index in [1.54, 1.807) is 0 Å². The van der Waals surface area contributed by atoms with E-state index in [-0.39, 0.29) is 11.6 Å². The minimum atomic E-state index is -0.378. The second-order valence-corrected chi connectivity index (χ2v) is 8.43. The summed E-state index contributed by atoms with van der Waals surface area (Å²) >= 11 is 0. The average Bonchev–Trinajstić information content (AvgIpc) is 2.79. The Morgan fingerprint density at radius 1 is 0.871 bits per heavy atom. The molecule has 6 rings (SSSR count). The zero-order valence-electron chi connectivity index (χ0n) is 17.3. The van der Waals surface area contributed by atoms with Gasteiger partial charge in [-0.05, 0) is 52.8 Å². The molecule has 31 heavy (non-hydrogen) atoms. The molecule has 2 heterocycles. The molecule has 0 amide bonds. The third kappa shape index (κ3) is 4.12. The predicted octanol–water partition coefficient (Wildman–Crippen LogP) is 5.39. The van der Waals surface area contributed by atoms with Gasteiger partial charge in [-0.15, -0.1) is 0 Å². The van der Waals surface area contributed by atoms with E-state index in [1.165, 1.54) is 16.7 Å². The summed E-state index contributed by atoms with van der Waals surface area (Å²) < 4.78 is 11.6. The van der Waals surface area contributed by atoms with E-state index >= 15 is 0 Å². The molecule has 2 bridgehead atoms. The molecule has 0 saturated heterocycles. The summed E-state index contributed by atoms with van der Waals surface area (Å²) in [6.07, 6.45) is 1.93. The fraction of sp³-hybridized carbons (Fsp3) is 0.222. The smallest absolute Gasteiger partial charge is 0.309 e. The summed E-state index contributed by atoms with van der Waals surface area (Å²) in [5.74, 6) is -0.195. The molecular formula is C27H25NO3. The van der Waals surface area contributed by atoms with E-state index < -0.39 is 0 Å². The maximum atomic E-state index is 12.3. The normalized spacial score (nSPS) is 16.5. The van der Waals surface area contributed by atoms with Gasteiger partial charge in [0, 0.05) is 5.69 Å². The first-order chi connectivity index (χ1) is 15.1. The Balaban J connectivity index is 1.21. The number of fused-ring (bicyclic) bond motifs is 2. The fourth-order valence-corrected chi connectivity index (χ4v) is 4.42. The topological polar surface area (TPSA) is 61.6 Å². The first kappa shape index (κ1) is 19.6. The largest absolute Gasteiger partial charge is 0.461 e. The molecule has 156 valence electrons. The molecule has 1 fully saturated rings. The van der Waals surface area contributed by atoms with Crippen molar-refractivity contribution >= 4 is 17.2 Å². The number of nitrogens with two attached hydrogens (primary N) is 1. The molecule has 4 heteroatoms.